The maximum Gasteiger partial charge on any atom is 0.416 e. The third-order valence-electron chi connectivity index (χ3n) is 3.88. The van der Waals surface area contributed by atoms with Crippen LogP contribution in [0.5, 0.6) is 5.75 Å². The van der Waals surface area contributed by atoms with Gasteiger partial charge in [-0.1, -0.05) is 18.2 Å². The first-order valence-electron chi connectivity index (χ1n) is 7.84. The monoisotopic (exact) mass is 351 g/mol. The Hall–Kier alpha value is -2.50. The van der Waals surface area contributed by atoms with Crippen LogP contribution in [0.4, 0.5) is 13.2 Å². The van der Waals surface area contributed by atoms with E-state index in [-0.39, 0.29) is 6.54 Å². The lowest BCUT2D eigenvalue weighted by molar-refractivity contribution is -0.137. The molecule has 0 aromatic heterocycles. The molecule has 0 heterocycles. The van der Waals surface area contributed by atoms with Crippen LogP contribution in [0.15, 0.2) is 42.5 Å². The Morgan fingerprint density at radius 1 is 1.12 bits per heavy atom. The van der Waals surface area contributed by atoms with Gasteiger partial charge in [0.2, 0.25) is 0 Å². The van der Waals surface area contributed by atoms with Crippen molar-refractivity contribution in [2.75, 3.05) is 0 Å². The number of amides is 1. The number of aryl methyl sites for hydroxylation is 2. The highest BCUT2D eigenvalue weighted by molar-refractivity contribution is 5.80. The van der Waals surface area contributed by atoms with E-state index in [2.05, 4.69) is 5.32 Å². The van der Waals surface area contributed by atoms with Crippen LogP contribution in [0.1, 0.15) is 29.2 Å². The van der Waals surface area contributed by atoms with Gasteiger partial charge in [-0.3, -0.25) is 4.79 Å². The summed E-state index contributed by atoms with van der Waals surface area (Å²) in [6.07, 6.45) is -5.16. The molecule has 134 valence electrons. The molecular weight excluding hydrogens is 331 g/mol. The number of rotatable bonds is 5. The van der Waals surface area contributed by atoms with Crippen LogP contribution in [-0.2, 0) is 17.5 Å². The topological polar surface area (TPSA) is 38.3 Å². The molecule has 1 atom stereocenters. The lowest BCUT2D eigenvalue weighted by Crippen LogP contribution is -2.35. The normalized spacial score (nSPS) is 12.6. The molecule has 2 aromatic rings. The van der Waals surface area contributed by atoms with Crippen LogP contribution in [0.3, 0.4) is 0 Å². The highest BCUT2D eigenvalue weighted by Crippen LogP contribution is 2.29. The van der Waals surface area contributed by atoms with E-state index in [4.69, 9.17) is 4.74 Å². The zero-order valence-corrected chi connectivity index (χ0v) is 14.3. The van der Waals surface area contributed by atoms with Gasteiger partial charge in [0, 0.05) is 6.54 Å². The number of carbonyl (C=O) groups is 1. The molecule has 0 saturated heterocycles. The predicted molar refractivity (Wildman–Crippen MR) is 89.3 cm³/mol. The van der Waals surface area contributed by atoms with Crippen molar-refractivity contribution in [1.29, 1.82) is 0 Å². The summed E-state index contributed by atoms with van der Waals surface area (Å²) in [6.45, 7) is 5.52. The second-order valence-corrected chi connectivity index (χ2v) is 5.92. The molecule has 1 N–H and O–H groups in total. The zero-order valence-electron chi connectivity index (χ0n) is 14.3. The molecule has 0 radical (unpaired) electrons. The van der Waals surface area contributed by atoms with Crippen LogP contribution in [0.25, 0.3) is 0 Å². The van der Waals surface area contributed by atoms with Crippen molar-refractivity contribution in [3.8, 4) is 5.75 Å². The van der Waals surface area contributed by atoms with Crippen LogP contribution in [-0.4, -0.2) is 12.0 Å². The second-order valence-electron chi connectivity index (χ2n) is 5.92. The van der Waals surface area contributed by atoms with Crippen molar-refractivity contribution in [2.45, 2.75) is 39.6 Å². The Kier molecular flexibility index (Phi) is 5.72. The quantitative estimate of drug-likeness (QED) is 0.867. The van der Waals surface area contributed by atoms with Gasteiger partial charge in [0.1, 0.15) is 5.75 Å². The molecule has 0 aliphatic rings. The molecule has 25 heavy (non-hydrogen) atoms. The molecule has 1 amide bonds. The molecule has 0 fully saturated rings. The second kappa shape index (κ2) is 7.59. The van der Waals surface area contributed by atoms with Crippen LogP contribution in [0, 0.1) is 13.8 Å². The van der Waals surface area contributed by atoms with Gasteiger partial charge in [-0.05, 0) is 61.7 Å². The van der Waals surface area contributed by atoms with Crippen molar-refractivity contribution in [3.05, 3.63) is 64.7 Å². The van der Waals surface area contributed by atoms with Crippen molar-refractivity contribution in [2.24, 2.45) is 0 Å². The minimum atomic E-state index is -4.40. The van der Waals surface area contributed by atoms with E-state index >= 15 is 0 Å². The highest BCUT2D eigenvalue weighted by atomic mass is 19.4. The first-order chi connectivity index (χ1) is 11.7. The van der Waals surface area contributed by atoms with Gasteiger partial charge in [0.25, 0.3) is 5.91 Å². The molecule has 0 bridgehead atoms. The summed E-state index contributed by atoms with van der Waals surface area (Å²) in [7, 11) is 0. The summed E-state index contributed by atoms with van der Waals surface area (Å²) in [6, 6.07) is 10.4. The first-order valence-corrected chi connectivity index (χ1v) is 7.84. The smallest absolute Gasteiger partial charge is 0.416 e. The lowest BCUT2D eigenvalue weighted by atomic mass is 10.1. The molecule has 0 unspecified atom stereocenters. The van der Waals surface area contributed by atoms with Crippen molar-refractivity contribution in [1.82, 2.24) is 5.32 Å². The summed E-state index contributed by atoms with van der Waals surface area (Å²) in [4.78, 5) is 12.1. The minimum Gasteiger partial charge on any atom is -0.481 e. The van der Waals surface area contributed by atoms with E-state index in [0.29, 0.717) is 11.3 Å². The molecule has 3 nitrogen and oxygen atoms in total. The van der Waals surface area contributed by atoms with Gasteiger partial charge in [-0.15, -0.1) is 0 Å². The van der Waals surface area contributed by atoms with E-state index in [1.807, 2.05) is 26.0 Å². The van der Waals surface area contributed by atoms with Gasteiger partial charge in [-0.25, -0.2) is 0 Å². The van der Waals surface area contributed by atoms with E-state index in [9.17, 15) is 18.0 Å². The predicted octanol–water partition coefficient (Wildman–Crippen LogP) is 4.41. The molecule has 0 saturated carbocycles. The van der Waals surface area contributed by atoms with Gasteiger partial charge in [0.05, 0.1) is 5.56 Å². The summed E-state index contributed by atoms with van der Waals surface area (Å²) < 4.78 is 43.7. The number of hydrogen-bond acceptors (Lipinski definition) is 2. The fourth-order valence-corrected chi connectivity index (χ4v) is 2.24. The van der Waals surface area contributed by atoms with Crippen molar-refractivity contribution >= 4 is 5.91 Å². The largest absolute Gasteiger partial charge is 0.481 e. The minimum absolute atomic E-state index is 0.00335. The Balaban J connectivity index is 1.94. The fraction of sp³-hybridized carbons (Fsp3) is 0.316. The SMILES string of the molecule is Cc1ccc(O[C@H](C)C(=O)NCc2cccc(C(F)(F)F)c2)cc1C. The van der Waals surface area contributed by atoms with Gasteiger partial charge < -0.3 is 10.1 Å². The first kappa shape index (κ1) is 18.8. The van der Waals surface area contributed by atoms with Gasteiger partial charge in [-0.2, -0.15) is 13.2 Å². The van der Waals surface area contributed by atoms with Crippen molar-refractivity contribution < 1.29 is 22.7 Å². The number of benzene rings is 2. The Labute approximate surface area is 144 Å². The van der Waals surface area contributed by atoms with E-state index in [1.54, 1.807) is 13.0 Å². The molecule has 2 aromatic carbocycles. The summed E-state index contributed by atoms with van der Waals surface area (Å²) >= 11 is 0. The number of hydrogen-bond donors (Lipinski definition) is 1. The molecule has 0 aliphatic heterocycles. The van der Waals surface area contributed by atoms with Crippen LogP contribution < -0.4 is 10.1 Å². The maximum absolute atomic E-state index is 12.7. The van der Waals surface area contributed by atoms with Gasteiger partial charge >= 0.3 is 6.18 Å². The molecule has 2 rings (SSSR count). The van der Waals surface area contributed by atoms with E-state index < -0.39 is 23.8 Å². The van der Waals surface area contributed by atoms with Gasteiger partial charge in [0.15, 0.2) is 6.10 Å². The summed E-state index contributed by atoms with van der Waals surface area (Å²) in [5.41, 5.74) is 1.81. The number of nitrogens with one attached hydrogen (secondary N) is 1. The maximum atomic E-state index is 12.7. The zero-order chi connectivity index (χ0) is 18.6. The third-order valence-corrected chi connectivity index (χ3v) is 3.88. The van der Waals surface area contributed by atoms with E-state index in [0.717, 1.165) is 23.3 Å². The molecule has 6 heteroatoms. The summed E-state index contributed by atoms with van der Waals surface area (Å²) in [5, 5.41) is 2.59. The standard InChI is InChI=1S/C19H20F3NO2/c1-12-7-8-17(9-13(12)2)25-14(3)18(24)23-11-15-5-4-6-16(10-15)19(20,21)22/h4-10,14H,11H2,1-3H3,(H,23,24)/t14-/m1/s1. The van der Waals surface area contributed by atoms with Crippen LogP contribution >= 0.6 is 0 Å². The van der Waals surface area contributed by atoms with Crippen LogP contribution in [0.2, 0.25) is 0 Å². The Bertz CT molecular complexity index is 757. The average Bonchev–Trinajstić information content (AvgIpc) is 2.55. The molecular formula is C19H20F3NO2. The number of halogens is 3. The molecule has 0 spiro atoms. The van der Waals surface area contributed by atoms with Crippen molar-refractivity contribution in [3.63, 3.8) is 0 Å². The fourth-order valence-electron chi connectivity index (χ4n) is 2.24. The van der Waals surface area contributed by atoms with E-state index in [1.165, 1.54) is 12.1 Å². The summed E-state index contributed by atoms with van der Waals surface area (Å²) in [5.74, 6) is 0.181. The number of alkyl halides is 3. The average molecular weight is 351 g/mol. The number of carbonyl (C=O) groups excluding carboxylic acids is 1. The lowest BCUT2D eigenvalue weighted by Gasteiger charge is -2.16. The molecule has 0 aliphatic carbocycles. The third kappa shape index (κ3) is 5.24. The Morgan fingerprint density at radius 2 is 1.84 bits per heavy atom. The Morgan fingerprint density at radius 3 is 2.48 bits per heavy atom. The number of ether oxygens (including phenoxy) is 1. The highest BCUT2D eigenvalue weighted by Gasteiger charge is 2.30.